The Labute approximate surface area is 138 Å². The number of hydrogen-bond acceptors (Lipinski definition) is 5. The highest BCUT2D eigenvalue weighted by Crippen LogP contribution is 2.67. The summed E-state index contributed by atoms with van der Waals surface area (Å²) in [6.07, 6.45) is 4.06. The van der Waals surface area contributed by atoms with E-state index >= 15 is 0 Å². The molecule has 7 atom stereocenters. The van der Waals surface area contributed by atoms with Gasteiger partial charge in [-0.05, 0) is 67.6 Å². The molecule has 24 heavy (non-hydrogen) atoms. The Hall–Kier alpha value is -0.390. The topological polar surface area (TPSA) is 89.5 Å². The largest absolute Gasteiger partial charge is 0.512 e. The normalized spacial score (nSPS) is 44.2. The van der Waals surface area contributed by atoms with Gasteiger partial charge < -0.3 is 0 Å². The summed E-state index contributed by atoms with van der Waals surface area (Å²) in [4.78, 5) is 0. The molecule has 0 aromatic carbocycles. The third kappa shape index (κ3) is 2.50. The predicted octanol–water partition coefficient (Wildman–Crippen LogP) is 1.76. The fourth-order valence-electron chi connectivity index (χ4n) is 5.98. The Bertz CT molecular complexity index is 750. The molecule has 4 bridgehead atoms. The van der Waals surface area contributed by atoms with Crippen LogP contribution in [-0.2, 0) is 24.5 Å². The lowest BCUT2D eigenvalue weighted by atomic mass is 9.70. The fourth-order valence-corrected chi connectivity index (χ4v) is 8.14. The van der Waals surface area contributed by atoms with Crippen molar-refractivity contribution in [2.24, 2.45) is 35.5 Å². The number of halogens is 3. The van der Waals surface area contributed by atoms with E-state index < -0.39 is 31.9 Å². The minimum absolute atomic E-state index is 0.000431. The molecule has 4 fully saturated rings. The van der Waals surface area contributed by atoms with Gasteiger partial charge in [0.05, 0.1) is 6.10 Å². The summed E-state index contributed by atoms with van der Waals surface area (Å²) in [5.41, 5.74) is -5.70. The number of nitrogens with one attached hydrogen (secondary N) is 1. The SMILES string of the molecule is O=S(=O)(NS(=O)(=O)C(F)(F)F)OC1CC2CC1C1C3CCC(C3)C21. The molecule has 11 heteroatoms. The zero-order valence-corrected chi connectivity index (χ0v) is 14.2. The Morgan fingerprint density at radius 2 is 1.50 bits per heavy atom. The maximum Gasteiger partial charge on any atom is 0.512 e. The van der Waals surface area contributed by atoms with Crippen molar-refractivity contribution in [3.05, 3.63) is 0 Å². The third-order valence-electron chi connectivity index (χ3n) is 6.44. The van der Waals surface area contributed by atoms with Crippen LogP contribution in [0.25, 0.3) is 0 Å². The van der Waals surface area contributed by atoms with Crippen LogP contribution in [-0.4, -0.2) is 28.4 Å². The maximum absolute atomic E-state index is 12.3. The highest BCUT2D eigenvalue weighted by Gasteiger charge is 2.63. The van der Waals surface area contributed by atoms with Crippen molar-refractivity contribution in [3.63, 3.8) is 0 Å². The van der Waals surface area contributed by atoms with Gasteiger partial charge >= 0.3 is 25.8 Å². The van der Waals surface area contributed by atoms with Gasteiger partial charge in [-0.3, -0.25) is 4.18 Å². The minimum Gasteiger partial charge on any atom is -0.254 e. The van der Waals surface area contributed by atoms with Crippen LogP contribution in [0.15, 0.2) is 0 Å². The Morgan fingerprint density at radius 1 is 0.875 bits per heavy atom. The van der Waals surface area contributed by atoms with Gasteiger partial charge in [0.15, 0.2) is 0 Å². The van der Waals surface area contributed by atoms with E-state index in [1.807, 2.05) is 0 Å². The monoisotopic (exact) mass is 389 g/mol. The predicted molar refractivity (Wildman–Crippen MR) is 75.9 cm³/mol. The molecule has 0 spiro atoms. The lowest BCUT2D eigenvalue weighted by Gasteiger charge is -2.38. The van der Waals surface area contributed by atoms with Gasteiger partial charge in [0.2, 0.25) is 0 Å². The van der Waals surface area contributed by atoms with E-state index in [4.69, 9.17) is 4.18 Å². The van der Waals surface area contributed by atoms with Crippen LogP contribution >= 0.6 is 0 Å². The molecule has 0 saturated heterocycles. The molecule has 0 aliphatic heterocycles. The van der Waals surface area contributed by atoms with Crippen LogP contribution in [0.1, 0.15) is 32.1 Å². The summed E-state index contributed by atoms with van der Waals surface area (Å²) < 4.78 is 88.0. The van der Waals surface area contributed by atoms with E-state index in [2.05, 4.69) is 0 Å². The molecule has 0 heterocycles. The van der Waals surface area contributed by atoms with E-state index in [-0.39, 0.29) is 5.92 Å². The van der Waals surface area contributed by atoms with Crippen LogP contribution in [0.5, 0.6) is 0 Å². The van der Waals surface area contributed by atoms with Crippen LogP contribution in [0.4, 0.5) is 13.2 Å². The first kappa shape index (κ1) is 17.0. The quantitative estimate of drug-likeness (QED) is 0.740. The molecule has 4 aliphatic rings. The van der Waals surface area contributed by atoms with Crippen molar-refractivity contribution in [2.75, 3.05) is 0 Å². The van der Waals surface area contributed by atoms with E-state index in [0.717, 1.165) is 19.3 Å². The highest BCUT2D eigenvalue weighted by atomic mass is 32.3. The third-order valence-corrected chi connectivity index (χ3v) is 9.24. The van der Waals surface area contributed by atoms with E-state index in [1.54, 1.807) is 0 Å². The Morgan fingerprint density at radius 3 is 2.12 bits per heavy atom. The molecule has 138 valence electrons. The Balaban J connectivity index is 1.47. The van der Waals surface area contributed by atoms with Crippen molar-refractivity contribution in [3.8, 4) is 0 Å². The van der Waals surface area contributed by atoms with Gasteiger partial charge in [-0.1, -0.05) is 4.13 Å². The maximum atomic E-state index is 12.3. The van der Waals surface area contributed by atoms with E-state index in [1.165, 1.54) is 6.42 Å². The van der Waals surface area contributed by atoms with Gasteiger partial charge in [-0.25, -0.2) is 8.42 Å². The van der Waals surface area contributed by atoms with Gasteiger partial charge in [0.25, 0.3) is 0 Å². The number of sulfonamides is 1. The second-order valence-corrected chi connectivity index (χ2v) is 10.7. The number of rotatable bonds is 4. The molecule has 4 rings (SSSR count). The molecule has 0 radical (unpaired) electrons. The van der Waals surface area contributed by atoms with Crippen LogP contribution in [0.3, 0.4) is 0 Å². The highest BCUT2D eigenvalue weighted by molar-refractivity contribution is 8.03. The molecule has 0 aromatic rings. The lowest BCUT2D eigenvalue weighted by Crippen LogP contribution is -2.44. The van der Waals surface area contributed by atoms with E-state index in [9.17, 15) is 30.0 Å². The smallest absolute Gasteiger partial charge is 0.254 e. The molecule has 0 aromatic heterocycles. The zero-order chi connectivity index (χ0) is 17.5. The molecular formula is C13H18F3NO5S2. The molecule has 7 unspecified atom stereocenters. The first-order chi connectivity index (χ1) is 11.0. The van der Waals surface area contributed by atoms with Crippen molar-refractivity contribution in [1.82, 2.24) is 4.13 Å². The first-order valence-electron chi connectivity index (χ1n) is 8.01. The van der Waals surface area contributed by atoms with Crippen LogP contribution < -0.4 is 4.13 Å². The summed E-state index contributed by atoms with van der Waals surface area (Å²) in [6, 6.07) is 0. The average Bonchev–Trinajstić information content (AvgIpc) is 3.13. The van der Waals surface area contributed by atoms with Crippen LogP contribution in [0.2, 0.25) is 0 Å². The van der Waals surface area contributed by atoms with Crippen molar-refractivity contribution in [1.29, 1.82) is 0 Å². The number of fused-ring (bicyclic) bond motifs is 9. The second kappa shape index (κ2) is 5.08. The summed E-state index contributed by atoms with van der Waals surface area (Å²) in [7, 11) is -11.0. The van der Waals surface area contributed by atoms with Gasteiger partial charge in [0, 0.05) is 0 Å². The standard InChI is InChI=1S/C13H18F3NO5S2/c14-13(15,16)23(18,19)17-24(20,21)22-10-5-8-4-9(10)12-7-2-1-6(3-7)11(8)12/h6-12,17H,1-5H2. The van der Waals surface area contributed by atoms with Gasteiger partial charge in [0.1, 0.15) is 0 Å². The summed E-state index contributed by atoms with van der Waals surface area (Å²) in [5, 5.41) is 0. The second-order valence-electron chi connectivity index (χ2n) is 7.50. The molecule has 1 N–H and O–H groups in total. The fraction of sp³-hybridized carbons (Fsp3) is 1.00. The van der Waals surface area contributed by atoms with Gasteiger partial charge in [-0.15, -0.1) is 0 Å². The summed E-state index contributed by atoms with van der Waals surface area (Å²) >= 11 is 0. The molecule has 4 saturated carbocycles. The average molecular weight is 389 g/mol. The number of hydrogen-bond donors (Lipinski definition) is 1. The zero-order valence-electron chi connectivity index (χ0n) is 12.6. The minimum atomic E-state index is -6.00. The lowest BCUT2D eigenvalue weighted by molar-refractivity contribution is -0.0443. The first-order valence-corrected chi connectivity index (χ1v) is 10.9. The molecular weight excluding hydrogens is 371 g/mol. The molecule has 0 amide bonds. The Kier molecular flexibility index (Phi) is 3.60. The molecule has 6 nitrogen and oxygen atoms in total. The van der Waals surface area contributed by atoms with Crippen molar-refractivity contribution >= 4 is 20.3 Å². The van der Waals surface area contributed by atoms with Crippen LogP contribution in [0, 0.1) is 35.5 Å². The van der Waals surface area contributed by atoms with Gasteiger partial charge in [-0.2, -0.15) is 21.6 Å². The molecule has 4 aliphatic carbocycles. The number of alkyl halides is 3. The summed E-state index contributed by atoms with van der Waals surface area (Å²) in [6.45, 7) is 0. The van der Waals surface area contributed by atoms with E-state index in [0.29, 0.717) is 40.1 Å². The van der Waals surface area contributed by atoms with Crippen molar-refractivity contribution in [2.45, 2.75) is 43.7 Å². The summed E-state index contributed by atoms with van der Waals surface area (Å²) in [5.74, 6) is 2.55. The van der Waals surface area contributed by atoms with Crippen molar-refractivity contribution < 1.29 is 34.2 Å².